The van der Waals surface area contributed by atoms with Gasteiger partial charge >= 0.3 is 5.97 Å². The monoisotopic (exact) mass is 479 g/mol. The third-order valence-corrected chi connectivity index (χ3v) is 5.51. The standard InChI is InChI=1S/C20H15BrFNO5S/c1-27-18(24)10-23-19(25)17(29-20(23)26)9-12-6-7-16(14(21)8-12)28-11-13-4-2-3-5-15(13)22/h2-9H,10-11H2,1H3/b17-9-. The van der Waals surface area contributed by atoms with E-state index in [2.05, 4.69) is 20.7 Å². The van der Waals surface area contributed by atoms with Crippen molar-refractivity contribution >= 4 is 50.9 Å². The highest BCUT2D eigenvalue weighted by Gasteiger charge is 2.36. The van der Waals surface area contributed by atoms with Crippen LogP contribution in [-0.4, -0.2) is 35.7 Å². The number of ether oxygens (including phenoxy) is 2. The van der Waals surface area contributed by atoms with Crippen molar-refractivity contribution < 1.29 is 28.2 Å². The third-order valence-electron chi connectivity index (χ3n) is 3.98. The summed E-state index contributed by atoms with van der Waals surface area (Å²) in [5.74, 6) is -1.07. The number of hydrogen-bond donors (Lipinski definition) is 0. The van der Waals surface area contributed by atoms with Crippen molar-refractivity contribution in [1.29, 1.82) is 0 Å². The summed E-state index contributed by atoms with van der Waals surface area (Å²) in [7, 11) is 1.19. The highest BCUT2D eigenvalue weighted by molar-refractivity contribution is 9.10. The number of carbonyl (C=O) groups excluding carboxylic acids is 3. The molecule has 0 saturated carbocycles. The number of esters is 1. The van der Waals surface area contributed by atoms with Gasteiger partial charge in [0.1, 0.15) is 24.7 Å². The number of benzene rings is 2. The Morgan fingerprint density at radius 3 is 2.69 bits per heavy atom. The number of imide groups is 1. The minimum Gasteiger partial charge on any atom is -0.488 e. The first-order chi connectivity index (χ1) is 13.9. The molecule has 6 nitrogen and oxygen atoms in total. The van der Waals surface area contributed by atoms with E-state index in [1.165, 1.54) is 13.2 Å². The molecule has 2 amide bonds. The van der Waals surface area contributed by atoms with Crippen molar-refractivity contribution in [1.82, 2.24) is 4.90 Å². The van der Waals surface area contributed by atoms with E-state index >= 15 is 0 Å². The molecule has 9 heteroatoms. The molecule has 1 saturated heterocycles. The molecule has 0 N–H and O–H groups in total. The third kappa shape index (κ3) is 5.04. The van der Waals surface area contributed by atoms with Crippen molar-refractivity contribution in [2.75, 3.05) is 13.7 Å². The number of nitrogens with zero attached hydrogens (tertiary/aromatic N) is 1. The van der Waals surface area contributed by atoms with Gasteiger partial charge in [0, 0.05) is 5.56 Å². The predicted molar refractivity (Wildman–Crippen MR) is 110 cm³/mol. The van der Waals surface area contributed by atoms with Gasteiger partial charge in [0.2, 0.25) is 0 Å². The van der Waals surface area contributed by atoms with E-state index in [1.54, 1.807) is 42.5 Å². The van der Waals surface area contributed by atoms with Gasteiger partial charge in [-0.15, -0.1) is 0 Å². The lowest BCUT2D eigenvalue weighted by Gasteiger charge is -2.10. The zero-order chi connectivity index (χ0) is 21.0. The van der Waals surface area contributed by atoms with E-state index in [9.17, 15) is 18.8 Å². The maximum Gasteiger partial charge on any atom is 0.325 e. The molecule has 1 fully saturated rings. The zero-order valence-corrected chi connectivity index (χ0v) is 17.6. The Morgan fingerprint density at radius 2 is 2.00 bits per heavy atom. The molecule has 1 heterocycles. The number of amides is 2. The van der Waals surface area contributed by atoms with Crippen LogP contribution in [0.2, 0.25) is 0 Å². The first-order valence-electron chi connectivity index (χ1n) is 8.37. The molecule has 0 unspecified atom stereocenters. The number of carbonyl (C=O) groups is 3. The van der Waals surface area contributed by atoms with Gasteiger partial charge < -0.3 is 9.47 Å². The van der Waals surface area contributed by atoms with Crippen LogP contribution in [0, 0.1) is 5.82 Å². The van der Waals surface area contributed by atoms with Crippen LogP contribution >= 0.6 is 27.7 Å². The van der Waals surface area contributed by atoms with Crippen LogP contribution in [0.25, 0.3) is 6.08 Å². The lowest BCUT2D eigenvalue weighted by Crippen LogP contribution is -2.34. The van der Waals surface area contributed by atoms with Gasteiger partial charge in [0.05, 0.1) is 16.5 Å². The summed E-state index contributed by atoms with van der Waals surface area (Å²) in [4.78, 5) is 36.7. The fraction of sp³-hybridized carbons (Fsp3) is 0.150. The molecular weight excluding hydrogens is 465 g/mol. The molecule has 150 valence electrons. The fourth-order valence-electron chi connectivity index (χ4n) is 2.48. The molecule has 0 bridgehead atoms. The van der Waals surface area contributed by atoms with Gasteiger partial charge in [-0.2, -0.15) is 0 Å². The second-order valence-corrected chi connectivity index (χ2v) is 7.76. The van der Waals surface area contributed by atoms with Crippen molar-refractivity contribution in [3.63, 3.8) is 0 Å². The maximum atomic E-state index is 13.7. The van der Waals surface area contributed by atoms with E-state index in [1.807, 2.05) is 0 Å². The minimum absolute atomic E-state index is 0.0665. The molecule has 0 spiro atoms. The number of rotatable bonds is 6. The molecule has 2 aromatic rings. The predicted octanol–water partition coefficient (Wildman–Crippen LogP) is 4.38. The highest BCUT2D eigenvalue weighted by atomic mass is 79.9. The SMILES string of the molecule is COC(=O)CN1C(=O)S/C(=C\c2ccc(OCc3ccccc3F)c(Br)c2)C1=O. The van der Waals surface area contributed by atoms with E-state index in [-0.39, 0.29) is 17.3 Å². The quantitative estimate of drug-likeness (QED) is 0.452. The van der Waals surface area contributed by atoms with Gasteiger partial charge in [-0.3, -0.25) is 19.3 Å². The van der Waals surface area contributed by atoms with Crippen molar-refractivity contribution in [3.05, 3.63) is 68.8 Å². The fourth-order valence-corrected chi connectivity index (χ4v) is 3.83. The topological polar surface area (TPSA) is 72.9 Å². The first-order valence-corrected chi connectivity index (χ1v) is 9.98. The van der Waals surface area contributed by atoms with Gasteiger partial charge in [-0.25, -0.2) is 4.39 Å². The molecule has 29 heavy (non-hydrogen) atoms. The molecular formula is C20H15BrFNO5S. The van der Waals surface area contributed by atoms with Crippen LogP contribution in [0.5, 0.6) is 5.75 Å². The summed E-state index contributed by atoms with van der Waals surface area (Å²) in [6.07, 6.45) is 1.55. The maximum absolute atomic E-state index is 13.7. The lowest BCUT2D eigenvalue weighted by molar-refractivity contribution is -0.143. The van der Waals surface area contributed by atoms with Crippen LogP contribution in [0.15, 0.2) is 51.8 Å². The average Bonchev–Trinajstić information content (AvgIpc) is 2.95. The first kappa shape index (κ1) is 21.1. The Balaban J connectivity index is 1.71. The Bertz CT molecular complexity index is 1010. The van der Waals surface area contributed by atoms with Crippen LogP contribution in [0.1, 0.15) is 11.1 Å². The zero-order valence-electron chi connectivity index (χ0n) is 15.2. The second-order valence-electron chi connectivity index (χ2n) is 5.91. The number of methoxy groups -OCH3 is 1. The van der Waals surface area contributed by atoms with E-state index < -0.39 is 23.7 Å². The van der Waals surface area contributed by atoms with Crippen LogP contribution in [0.4, 0.5) is 9.18 Å². The van der Waals surface area contributed by atoms with Crippen LogP contribution in [-0.2, 0) is 20.9 Å². The van der Waals surface area contributed by atoms with E-state index in [0.29, 0.717) is 21.3 Å². The number of halogens is 2. The summed E-state index contributed by atoms with van der Waals surface area (Å²) in [6.45, 7) is -0.359. The summed E-state index contributed by atoms with van der Waals surface area (Å²) in [5.41, 5.74) is 1.08. The Morgan fingerprint density at radius 1 is 1.24 bits per heavy atom. The van der Waals surface area contributed by atoms with Gasteiger partial charge in [-0.1, -0.05) is 24.3 Å². The summed E-state index contributed by atoms with van der Waals surface area (Å²) >= 11 is 4.14. The summed E-state index contributed by atoms with van der Waals surface area (Å²) in [5, 5.41) is -0.532. The Labute approximate surface area is 178 Å². The smallest absolute Gasteiger partial charge is 0.325 e. The normalized spacial score (nSPS) is 15.1. The van der Waals surface area contributed by atoms with Crippen LogP contribution in [0.3, 0.4) is 0 Å². The van der Waals surface area contributed by atoms with E-state index in [0.717, 1.165) is 16.7 Å². The second kappa shape index (κ2) is 9.23. The number of hydrogen-bond acceptors (Lipinski definition) is 6. The van der Waals surface area contributed by atoms with Crippen molar-refractivity contribution in [3.8, 4) is 5.75 Å². The Hall–Kier alpha value is -2.65. The van der Waals surface area contributed by atoms with Gasteiger partial charge in [0.15, 0.2) is 0 Å². The van der Waals surface area contributed by atoms with Gasteiger partial charge in [-0.05, 0) is 57.5 Å². The van der Waals surface area contributed by atoms with Crippen molar-refractivity contribution in [2.45, 2.75) is 6.61 Å². The average molecular weight is 480 g/mol. The molecule has 3 rings (SSSR count). The molecule has 0 radical (unpaired) electrons. The molecule has 0 aliphatic carbocycles. The van der Waals surface area contributed by atoms with E-state index in [4.69, 9.17) is 4.74 Å². The molecule has 2 aromatic carbocycles. The molecule has 0 aromatic heterocycles. The molecule has 1 aliphatic heterocycles. The molecule has 0 atom stereocenters. The Kier molecular flexibility index (Phi) is 6.71. The largest absolute Gasteiger partial charge is 0.488 e. The number of thioether (sulfide) groups is 1. The van der Waals surface area contributed by atoms with Crippen molar-refractivity contribution in [2.24, 2.45) is 0 Å². The summed E-state index contributed by atoms with van der Waals surface area (Å²) in [6, 6.07) is 11.4. The minimum atomic E-state index is -0.673. The lowest BCUT2D eigenvalue weighted by atomic mass is 10.2. The highest BCUT2D eigenvalue weighted by Crippen LogP contribution is 2.34. The molecule has 1 aliphatic rings. The van der Waals surface area contributed by atoms with Gasteiger partial charge in [0.25, 0.3) is 11.1 Å². The van der Waals surface area contributed by atoms with Crippen LogP contribution < -0.4 is 4.74 Å². The summed E-state index contributed by atoms with van der Waals surface area (Å²) < 4.78 is 24.4.